The van der Waals surface area contributed by atoms with Crippen LogP contribution in [0.25, 0.3) is 0 Å². The molecule has 3 nitrogen and oxygen atoms in total. The SMILES string of the molecule is C#C[C@@H]1C[C@@H]2C[C@](CN)(CC(=O)OC(C)(C)C)[C@@H]2C1. The Morgan fingerprint density at radius 2 is 2.16 bits per heavy atom. The molecule has 2 aliphatic rings. The molecule has 0 saturated heterocycles. The smallest absolute Gasteiger partial charge is 0.306 e. The summed E-state index contributed by atoms with van der Waals surface area (Å²) in [7, 11) is 0. The van der Waals surface area contributed by atoms with Crippen LogP contribution < -0.4 is 5.73 Å². The van der Waals surface area contributed by atoms with E-state index in [1.54, 1.807) is 0 Å². The number of nitrogens with two attached hydrogens (primary N) is 1. The topological polar surface area (TPSA) is 52.3 Å². The zero-order valence-corrected chi connectivity index (χ0v) is 12.2. The maximum absolute atomic E-state index is 12.0. The van der Waals surface area contributed by atoms with E-state index < -0.39 is 5.60 Å². The van der Waals surface area contributed by atoms with Crippen molar-refractivity contribution < 1.29 is 9.53 Å². The molecule has 4 atom stereocenters. The lowest BCUT2D eigenvalue weighted by Crippen LogP contribution is -2.51. The average molecular weight is 263 g/mol. The highest BCUT2D eigenvalue weighted by Crippen LogP contribution is 2.61. The van der Waals surface area contributed by atoms with E-state index >= 15 is 0 Å². The number of carbonyl (C=O) groups excluding carboxylic acids is 1. The minimum atomic E-state index is -0.424. The molecule has 2 saturated carbocycles. The van der Waals surface area contributed by atoms with Gasteiger partial charge in [-0.15, -0.1) is 12.3 Å². The normalized spacial score (nSPS) is 37.1. The van der Waals surface area contributed by atoms with Crippen LogP contribution in [-0.2, 0) is 9.53 Å². The first-order valence-corrected chi connectivity index (χ1v) is 7.18. The maximum Gasteiger partial charge on any atom is 0.306 e. The Bertz CT molecular complexity index is 404. The summed E-state index contributed by atoms with van der Waals surface area (Å²) in [5, 5.41) is 0. The Balaban J connectivity index is 1.99. The largest absolute Gasteiger partial charge is 0.460 e. The van der Waals surface area contributed by atoms with E-state index in [-0.39, 0.29) is 11.4 Å². The molecule has 2 fully saturated rings. The molecule has 0 unspecified atom stereocenters. The van der Waals surface area contributed by atoms with Crippen molar-refractivity contribution in [1.29, 1.82) is 0 Å². The number of fused-ring (bicyclic) bond motifs is 1. The Morgan fingerprint density at radius 3 is 2.68 bits per heavy atom. The van der Waals surface area contributed by atoms with E-state index in [9.17, 15) is 4.79 Å². The molecule has 0 heterocycles. The van der Waals surface area contributed by atoms with Crippen LogP contribution in [0, 0.1) is 35.5 Å². The highest BCUT2D eigenvalue weighted by molar-refractivity contribution is 5.71. The van der Waals surface area contributed by atoms with Crippen LogP contribution >= 0.6 is 0 Å². The van der Waals surface area contributed by atoms with Gasteiger partial charge in [0.05, 0.1) is 6.42 Å². The first kappa shape index (κ1) is 14.4. The van der Waals surface area contributed by atoms with Gasteiger partial charge in [-0.25, -0.2) is 0 Å². The van der Waals surface area contributed by atoms with Gasteiger partial charge in [0.15, 0.2) is 0 Å². The third-order valence-corrected chi connectivity index (χ3v) is 4.71. The van der Waals surface area contributed by atoms with E-state index in [1.807, 2.05) is 20.8 Å². The summed E-state index contributed by atoms with van der Waals surface area (Å²) in [6, 6.07) is 0. The highest BCUT2D eigenvalue weighted by atomic mass is 16.6. The molecule has 0 radical (unpaired) electrons. The van der Waals surface area contributed by atoms with Crippen LogP contribution in [0.1, 0.15) is 46.5 Å². The lowest BCUT2D eigenvalue weighted by Gasteiger charge is -2.52. The average Bonchev–Trinajstić information content (AvgIpc) is 2.62. The number of hydrogen-bond donors (Lipinski definition) is 1. The van der Waals surface area contributed by atoms with Gasteiger partial charge in [0.2, 0.25) is 0 Å². The van der Waals surface area contributed by atoms with Crippen molar-refractivity contribution in [2.45, 2.75) is 52.1 Å². The Labute approximate surface area is 116 Å². The number of rotatable bonds is 3. The fraction of sp³-hybridized carbons (Fsp3) is 0.812. The fourth-order valence-corrected chi connectivity index (χ4v) is 3.92. The molecular weight excluding hydrogens is 238 g/mol. The molecule has 0 aliphatic heterocycles. The third-order valence-electron chi connectivity index (χ3n) is 4.71. The lowest BCUT2D eigenvalue weighted by atomic mass is 9.53. The Kier molecular flexibility index (Phi) is 3.66. The van der Waals surface area contributed by atoms with Crippen LogP contribution in [-0.4, -0.2) is 18.1 Å². The van der Waals surface area contributed by atoms with E-state index in [4.69, 9.17) is 16.9 Å². The monoisotopic (exact) mass is 263 g/mol. The lowest BCUT2D eigenvalue weighted by molar-refractivity contribution is -0.163. The molecule has 0 bridgehead atoms. The fourth-order valence-electron chi connectivity index (χ4n) is 3.92. The second-order valence-corrected chi connectivity index (χ2v) is 7.24. The summed E-state index contributed by atoms with van der Waals surface area (Å²) in [5.41, 5.74) is 5.48. The van der Waals surface area contributed by atoms with E-state index in [0.29, 0.717) is 30.7 Å². The molecule has 2 rings (SSSR count). The molecule has 0 aromatic rings. The van der Waals surface area contributed by atoms with Crippen LogP contribution in [0.4, 0.5) is 0 Å². The molecule has 3 heteroatoms. The minimum Gasteiger partial charge on any atom is -0.460 e. The van der Waals surface area contributed by atoms with Gasteiger partial charge in [-0.3, -0.25) is 4.79 Å². The molecule has 0 amide bonds. The molecule has 19 heavy (non-hydrogen) atoms. The van der Waals surface area contributed by atoms with Gasteiger partial charge in [-0.05, 0) is 63.8 Å². The van der Waals surface area contributed by atoms with Crippen LogP contribution in [0.15, 0.2) is 0 Å². The Hall–Kier alpha value is -1.01. The summed E-state index contributed by atoms with van der Waals surface area (Å²) in [4.78, 5) is 12.0. The molecule has 0 spiro atoms. The number of carbonyl (C=O) groups is 1. The second-order valence-electron chi connectivity index (χ2n) is 7.24. The molecule has 2 N–H and O–H groups in total. The zero-order chi connectivity index (χ0) is 14.3. The van der Waals surface area contributed by atoms with Crippen molar-refractivity contribution in [2.24, 2.45) is 28.9 Å². The summed E-state index contributed by atoms with van der Waals surface area (Å²) in [6.45, 7) is 6.25. The first-order chi connectivity index (χ1) is 8.79. The maximum atomic E-state index is 12.0. The van der Waals surface area contributed by atoms with Gasteiger partial charge < -0.3 is 10.5 Å². The predicted octanol–water partition coefficient (Wildman–Crippen LogP) is 2.34. The van der Waals surface area contributed by atoms with Gasteiger partial charge in [0.25, 0.3) is 0 Å². The van der Waals surface area contributed by atoms with Gasteiger partial charge in [-0.1, -0.05) is 0 Å². The molecule has 2 aliphatic carbocycles. The molecular formula is C16H25NO2. The van der Waals surface area contributed by atoms with Crippen molar-refractivity contribution in [3.63, 3.8) is 0 Å². The van der Waals surface area contributed by atoms with E-state index in [2.05, 4.69) is 5.92 Å². The number of esters is 1. The summed E-state index contributed by atoms with van der Waals surface area (Å²) in [6.07, 6.45) is 9.14. The van der Waals surface area contributed by atoms with Gasteiger partial charge in [0.1, 0.15) is 5.60 Å². The van der Waals surface area contributed by atoms with Crippen molar-refractivity contribution in [3.05, 3.63) is 0 Å². The van der Waals surface area contributed by atoms with Crippen LogP contribution in [0.2, 0.25) is 0 Å². The summed E-state index contributed by atoms with van der Waals surface area (Å²) in [5.74, 6) is 4.31. The first-order valence-electron chi connectivity index (χ1n) is 7.18. The summed E-state index contributed by atoms with van der Waals surface area (Å²) < 4.78 is 5.44. The van der Waals surface area contributed by atoms with E-state index in [1.165, 1.54) is 0 Å². The zero-order valence-electron chi connectivity index (χ0n) is 12.2. The van der Waals surface area contributed by atoms with Crippen LogP contribution in [0.5, 0.6) is 0 Å². The van der Waals surface area contributed by atoms with Crippen molar-refractivity contribution in [1.82, 2.24) is 0 Å². The number of ether oxygens (including phenoxy) is 1. The van der Waals surface area contributed by atoms with Gasteiger partial charge >= 0.3 is 5.97 Å². The quantitative estimate of drug-likeness (QED) is 0.628. The molecule has 106 valence electrons. The molecule has 0 aromatic carbocycles. The predicted molar refractivity (Wildman–Crippen MR) is 75.1 cm³/mol. The third kappa shape index (κ3) is 2.79. The number of terminal acetylenes is 1. The van der Waals surface area contributed by atoms with Gasteiger partial charge in [-0.2, -0.15) is 0 Å². The van der Waals surface area contributed by atoms with Crippen LogP contribution in [0.3, 0.4) is 0 Å². The van der Waals surface area contributed by atoms with Crippen molar-refractivity contribution in [2.75, 3.05) is 6.54 Å². The molecule has 0 aromatic heterocycles. The van der Waals surface area contributed by atoms with E-state index in [0.717, 1.165) is 19.3 Å². The highest BCUT2D eigenvalue weighted by Gasteiger charge is 2.57. The summed E-state index contributed by atoms with van der Waals surface area (Å²) >= 11 is 0. The standard InChI is InChI=1S/C16H25NO2/c1-5-11-6-12-8-16(10-17,13(12)7-11)9-14(18)19-15(2,3)4/h1,11-13H,6-10,17H2,2-4H3/t11-,12-,13-,16-/m1/s1. The van der Waals surface area contributed by atoms with Gasteiger partial charge in [0, 0.05) is 5.92 Å². The Morgan fingerprint density at radius 1 is 1.47 bits per heavy atom. The minimum absolute atomic E-state index is 0.0569. The van der Waals surface area contributed by atoms with Crippen molar-refractivity contribution >= 4 is 5.97 Å². The number of hydrogen-bond acceptors (Lipinski definition) is 3. The second kappa shape index (κ2) is 4.83. The van der Waals surface area contributed by atoms with Crippen molar-refractivity contribution in [3.8, 4) is 12.3 Å².